The van der Waals surface area contributed by atoms with Crippen molar-refractivity contribution in [2.45, 2.75) is 107 Å². The summed E-state index contributed by atoms with van der Waals surface area (Å²) in [6.45, 7) is 12.2. The van der Waals surface area contributed by atoms with Gasteiger partial charge in [-0.3, -0.25) is 38.4 Å². The van der Waals surface area contributed by atoms with Crippen molar-refractivity contribution in [2.24, 2.45) is 23.7 Å². The summed E-state index contributed by atoms with van der Waals surface area (Å²) < 4.78 is 42.3. The van der Waals surface area contributed by atoms with Gasteiger partial charge < -0.3 is 58.3 Å². The topological polar surface area (TPSA) is 291 Å². The van der Waals surface area contributed by atoms with Gasteiger partial charge in [-0.1, -0.05) is 48.5 Å². The Morgan fingerprint density at radius 3 is 0.525 bits per heavy atom. The van der Waals surface area contributed by atoms with E-state index < -0.39 is 71.4 Å². The summed E-state index contributed by atoms with van der Waals surface area (Å²) in [5, 5.41) is 49.6. The number of phenolic OH excluding ortho intramolecular Hbond substituents is 4. The average Bonchev–Trinajstić information content (AvgIpc) is 3.42. The van der Waals surface area contributed by atoms with Gasteiger partial charge in [-0.25, -0.2) is 0 Å². The highest BCUT2D eigenvalue weighted by Crippen LogP contribution is 2.41. The molecule has 0 unspecified atom stereocenters. The molecule has 4 aromatic rings. The van der Waals surface area contributed by atoms with Crippen molar-refractivity contribution < 1.29 is 96.7 Å². The number of phenols is 4. The van der Waals surface area contributed by atoms with Crippen LogP contribution < -0.4 is 0 Å². The van der Waals surface area contributed by atoms with E-state index in [4.69, 9.17) is 37.9 Å². The van der Waals surface area contributed by atoms with Crippen molar-refractivity contribution >= 4 is 47.8 Å². The molecule has 0 spiro atoms. The van der Waals surface area contributed by atoms with Crippen LogP contribution in [0.5, 0.6) is 23.0 Å². The van der Waals surface area contributed by atoms with Gasteiger partial charge in [0.05, 0.1) is 52.9 Å². The molecule has 20 heteroatoms. The molecule has 1 aliphatic rings. The molecule has 1 aliphatic carbocycles. The molecule has 5 rings (SSSR count). The molecule has 20 nitrogen and oxygen atoms in total. The summed E-state index contributed by atoms with van der Waals surface area (Å²) in [5.74, 6) is -14.2. The number of ether oxygens (including phenoxy) is 8. The quantitative estimate of drug-likeness (QED) is 0.0298. The van der Waals surface area contributed by atoms with Crippen LogP contribution in [-0.2, 0) is 128 Å². The van der Waals surface area contributed by atoms with Crippen LogP contribution in [0.3, 0.4) is 0 Å². The standard InChI is InChI=1S/C60H72O20/c1-9-73-53(65)45(54(66)74-10-2)25-33-17-37-29-39-19-34(26-46(55(67)75-11-3)56(68)76-12-4)21-41(50(39)62)31-43-23-36(28-48(59(71)79-15-7)60(72)80-16-8)24-44(52(43)64)32-42-22-35(20-40(51(42)63)30-38(18-33)49(37)61)27-47(57(69)77-13-5)58(70)78-14-6/h17-24,45-48,61-64H,9-16,25-32H2,1-8H3. The molecule has 4 N–H and O–H groups in total. The van der Waals surface area contributed by atoms with Crippen molar-refractivity contribution in [3.63, 3.8) is 0 Å². The zero-order valence-electron chi connectivity index (χ0n) is 46.6. The number of carbonyl (C=O) groups excluding carboxylic acids is 8. The third-order valence-corrected chi connectivity index (χ3v) is 13.2. The molecule has 0 aliphatic heterocycles. The van der Waals surface area contributed by atoms with Crippen LogP contribution in [0.2, 0.25) is 0 Å². The van der Waals surface area contributed by atoms with Gasteiger partial charge in [-0.05, 0) is 148 Å². The summed E-state index contributed by atoms with van der Waals surface area (Å²) in [5.41, 5.74) is 2.37. The van der Waals surface area contributed by atoms with Gasteiger partial charge in [0.2, 0.25) is 0 Å². The smallest absolute Gasteiger partial charge is 0.320 e. The lowest BCUT2D eigenvalue weighted by molar-refractivity contribution is -0.163. The zero-order chi connectivity index (χ0) is 58.8. The second kappa shape index (κ2) is 29.7. The predicted octanol–water partition coefficient (Wildman–Crippen LogP) is 6.33. The number of hydrogen-bond acceptors (Lipinski definition) is 20. The van der Waals surface area contributed by atoms with Crippen LogP contribution >= 0.6 is 0 Å². The molecule has 0 heterocycles. The van der Waals surface area contributed by atoms with Gasteiger partial charge in [-0.15, -0.1) is 0 Å². The van der Waals surface area contributed by atoms with E-state index in [9.17, 15) is 58.8 Å². The van der Waals surface area contributed by atoms with Crippen LogP contribution in [0, 0.1) is 23.7 Å². The number of hydrogen-bond donors (Lipinski definition) is 4. The minimum Gasteiger partial charge on any atom is -0.507 e. The lowest BCUT2D eigenvalue weighted by Crippen LogP contribution is -2.30. The first-order valence-electron chi connectivity index (χ1n) is 26.9. The molecule has 4 aromatic carbocycles. The van der Waals surface area contributed by atoms with E-state index in [0.717, 1.165) is 0 Å². The minimum absolute atomic E-state index is 0.0541. The molecule has 0 amide bonds. The Morgan fingerprint density at radius 1 is 0.287 bits per heavy atom. The van der Waals surface area contributed by atoms with Gasteiger partial charge in [0.15, 0.2) is 23.7 Å². The van der Waals surface area contributed by atoms with E-state index in [1.165, 1.54) is 48.5 Å². The first kappa shape index (κ1) is 62.7. The van der Waals surface area contributed by atoms with Gasteiger partial charge in [0, 0.05) is 25.7 Å². The highest BCUT2D eigenvalue weighted by molar-refractivity contribution is 5.97. The van der Waals surface area contributed by atoms with Crippen molar-refractivity contribution in [3.05, 3.63) is 115 Å². The first-order chi connectivity index (χ1) is 38.2. The van der Waals surface area contributed by atoms with Crippen LogP contribution in [0.15, 0.2) is 48.5 Å². The van der Waals surface area contributed by atoms with Crippen molar-refractivity contribution in [3.8, 4) is 23.0 Å². The van der Waals surface area contributed by atoms with Crippen molar-refractivity contribution in [1.29, 1.82) is 0 Å². The molecule has 80 heavy (non-hydrogen) atoms. The third-order valence-electron chi connectivity index (χ3n) is 13.2. The molecule has 0 radical (unpaired) electrons. The second-order valence-electron chi connectivity index (χ2n) is 18.8. The van der Waals surface area contributed by atoms with E-state index in [-0.39, 0.29) is 172 Å². The number of carbonyl (C=O) groups is 8. The fourth-order valence-corrected chi connectivity index (χ4v) is 9.64. The van der Waals surface area contributed by atoms with Crippen LogP contribution in [0.4, 0.5) is 0 Å². The first-order valence-corrected chi connectivity index (χ1v) is 26.9. The summed E-state index contributed by atoms with van der Waals surface area (Å²) in [7, 11) is 0. The Hall–Kier alpha value is -8.16. The number of aromatic hydroxyl groups is 4. The third kappa shape index (κ3) is 16.0. The van der Waals surface area contributed by atoms with Crippen LogP contribution in [0.1, 0.15) is 122 Å². The second-order valence-corrected chi connectivity index (χ2v) is 18.8. The molecule has 432 valence electrons. The Bertz CT molecular complexity index is 2370. The maximum atomic E-state index is 13.4. The fourth-order valence-electron chi connectivity index (χ4n) is 9.64. The van der Waals surface area contributed by atoms with Crippen LogP contribution in [-0.4, -0.2) is 121 Å². The van der Waals surface area contributed by atoms with E-state index in [1.807, 2.05) is 0 Å². The molecule has 0 fully saturated rings. The molecule has 8 bridgehead atoms. The summed E-state index contributed by atoms with van der Waals surface area (Å²) in [4.78, 5) is 107. The van der Waals surface area contributed by atoms with E-state index in [1.54, 1.807) is 55.4 Å². The predicted molar refractivity (Wildman–Crippen MR) is 285 cm³/mol. The van der Waals surface area contributed by atoms with Gasteiger partial charge in [0.1, 0.15) is 23.0 Å². The lowest BCUT2D eigenvalue weighted by atomic mass is 9.85. The van der Waals surface area contributed by atoms with E-state index >= 15 is 0 Å². The van der Waals surface area contributed by atoms with E-state index in [2.05, 4.69) is 0 Å². The van der Waals surface area contributed by atoms with Gasteiger partial charge in [0.25, 0.3) is 0 Å². The Labute approximate surface area is 464 Å². The summed E-state index contributed by atoms with van der Waals surface area (Å²) in [6.07, 6.45) is -2.33. The Kier molecular flexibility index (Phi) is 23.3. The molecule has 0 atom stereocenters. The highest BCUT2D eigenvalue weighted by Gasteiger charge is 2.35. The van der Waals surface area contributed by atoms with Gasteiger partial charge >= 0.3 is 47.8 Å². The lowest BCUT2D eigenvalue weighted by Gasteiger charge is -2.22. The zero-order valence-corrected chi connectivity index (χ0v) is 46.6. The van der Waals surface area contributed by atoms with Crippen molar-refractivity contribution in [1.82, 2.24) is 0 Å². The Morgan fingerprint density at radius 2 is 0.412 bits per heavy atom. The maximum absolute atomic E-state index is 13.4. The molecular formula is C60H72O20. The normalized spacial score (nSPS) is 11.9. The monoisotopic (exact) mass is 1110 g/mol. The summed E-state index contributed by atoms with van der Waals surface area (Å²) in [6, 6.07) is 12.2. The van der Waals surface area contributed by atoms with Crippen LogP contribution in [0.25, 0.3) is 0 Å². The largest absolute Gasteiger partial charge is 0.507 e. The number of esters is 8. The SMILES string of the molecule is CCOC(=O)C(Cc1cc2c(O)c(c1)Cc1cc(CC(C(=O)OCC)C(=O)OCC)cc(c1O)Cc1cc(CC(C(=O)OCC)C(=O)OCC)cc(c1O)Cc1cc(CC(C(=O)OCC)C(=O)OCC)cc(c1O)C2)C(=O)OCC. The number of fused-ring (bicyclic) bond motifs is 8. The molecule has 0 saturated carbocycles. The average molecular weight is 1110 g/mol. The molecule has 0 saturated heterocycles. The molecule has 0 aromatic heterocycles. The maximum Gasteiger partial charge on any atom is 0.320 e. The minimum atomic E-state index is -1.47. The fraction of sp³-hybridized carbons (Fsp3) is 0.467. The Balaban J connectivity index is 1.90. The van der Waals surface area contributed by atoms with E-state index in [0.29, 0.717) is 22.3 Å². The van der Waals surface area contributed by atoms with Crippen molar-refractivity contribution in [2.75, 3.05) is 52.9 Å². The number of benzene rings is 4. The number of rotatable bonds is 24. The summed E-state index contributed by atoms with van der Waals surface area (Å²) >= 11 is 0. The highest BCUT2D eigenvalue weighted by atomic mass is 16.6. The van der Waals surface area contributed by atoms with Gasteiger partial charge in [-0.2, -0.15) is 0 Å². The molecular weight excluding hydrogens is 1040 g/mol.